The minimum atomic E-state index is 0.173. The van der Waals surface area contributed by atoms with E-state index in [9.17, 15) is 0 Å². The Morgan fingerprint density at radius 3 is 2.67 bits per heavy atom. The van der Waals surface area contributed by atoms with E-state index in [-0.39, 0.29) is 6.61 Å². The van der Waals surface area contributed by atoms with Gasteiger partial charge in [0, 0.05) is 12.6 Å². The molecule has 82 valence electrons. The summed E-state index contributed by atoms with van der Waals surface area (Å²) in [7, 11) is 0. The number of aryl methyl sites for hydroxylation is 1. The highest BCUT2D eigenvalue weighted by Crippen LogP contribution is 2.27. The molecule has 0 radical (unpaired) electrons. The van der Waals surface area contributed by atoms with Gasteiger partial charge in [0.05, 0.1) is 12.3 Å². The molecule has 0 unspecified atom stereocenters. The normalized spacial score (nSPS) is 16.1. The van der Waals surface area contributed by atoms with E-state index in [0.29, 0.717) is 12.6 Å². The smallest absolute Gasteiger partial charge is 0.151 e. The maximum Gasteiger partial charge on any atom is 0.151 e. The van der Waals surface area contributed by atoms with Crippen LogP contribution in [0.25, 0.3) is 0 Å². The first-order valence-electron chi connectivity index (χ1n) is 5.49. The molecule has 4 heteroatoms. The second-order valence-electron chi connectivity index (χ2n) is 4.03. The zero-order valence-electron chi connectivity index (χ0n) is 9.06. The van der Waals surface area contributed by atoms with Crippen molar-refractivity contribution >= 4 is 5.82 Å². The molecule has 1 aliphatic carbocycles. The van der Waals surface area contributed by atoms with E-state index in [4.69, 9.17) is 5.11 Å². The van der Waals surface area contributed by atoms with E-state index in [1.807, 2.05) is 19.1 Å². The van der Waals surface area contributed by atoms with Crippen molar-refractivity contribution in [3.8, 4) is 0 Å². The summed E-state index contributed by atoms with van der Waals surface area (Å²) in [6.45, 7) is 2.75. The van der Waals surface area contributed by atoms with Gasteiger partial charge in [-0.2, -0.15) is 5.10 Å². The summed E-state index contributed by atoms with van der Waals surface area (Å²) in [6, 6.07) is 4.50. The minimum Gasteiger partial charge on any atom is -0.395 e. The Bertz CT molecular complexity index is 308. The Labute approximate surface area is 89.9 Å². The third-order valence-electron chi connectivity index (χ3n) is 2.93. The topological polar surface area (TPSA) is 49.2 Å². The second-order valence-corrected chi connectivity index (χ2v) is 4.03. The van der Waals surface area contributed by atoms with Gasteiger partial charge in [0.15, 0.2) is 5.82 Å². The molecule has 1 aromatic rings. The highest BCUT2D eigenvalue weighted by molar-refractivity contribution is 5.39. The van der Waals surface area contributed by atoms with Crippen molar-refractivity contribution in [3.63, 3.8) is 0 Å². The lowest BCUT2D eigenvalue weighted by Gasteiger charge is -2.37. The zero-order valence-corrected chi connectivity index (χ0v) is 9.06. The molecular formula is C11H17N3O. The maximum atomic E-state index is 9.03. The average molecular weight is 207 g/mol. The highest BCUT2D eigenvalue weighted by atomic mass is 16.3. The lowest BCUT2D eigenvalue weighted by molar-refractivity contribution is 0.282. The van der Waals surface area contributed by atoms with Crippen LogP contribution in [0, 0.1) is 6.92 Å². The molecule has 0 aliphatic heterocycles. The summed E-state index contributed by atoms with van der Waals surface area (Å²) in [5.74, 6) is 0.888. The van der Waals surface area contributed by atoms with Crippen LogP contribution in [0.1, 0.15) is 25.0 Å². The van der Waals surface area contributed by atoms with Gasteiger partial charge in [0.25, 0.3) is 0 Å². The highest BCUT2D eigenvalue weighted by Gasteiger charge is 2.25. The minimum absolute atomic E-state index is 0.173. The summed E-state index contributed by atoms with van der Waals surface area (Å²) < 4.78 is 0. The van der Waals surface area contributed by atoms with Crippen LogP contribution in [-0.4, -0.2) is 34.5 Å². The number of aliphatic hydroxyl groups excluding tert-OH is 1. The molecule has 1 saturated carbocycles. The molecular weight excluding hydrogens is 190 g/mol. The quantitative estimate of drug-likeness (QED) is 0.804. The molecule has 1 heterocycles. The van der Waals surface area contributed by atoms with Crippen molar-refractivity contribution in [2.24, 2.45) is 0 Å². The Morgan fingerprint density at radius 2 is 2.20 bits per heavy atom. The van der Waals surface area contributed by atoms with Crippen molar-refractivity contribution in [2.45, 2.75) is 32.2 Å². The molecule has 0 bridgehead atoms. The molecule has 0 aromatic carbocycles. The summed E-state index contributed by atoms with van der Waals surface area (Å²) in [5, 5.41) is 17.2. The lowest BCUT2D eigenvalue weighted by atomic mass is 9.91. The predicted octanol–water partition coefficient (Wildman–Crippen LogP) is 1.14. The van der Waals surface area contributed by atoms with Crippen LogP contribution in [0.15, 0.2) is 12.1 Å². The number of aliphatic hydroxyl groups is 1. The third kappa shape index (κ3) is 2.26. The number of anilines is 1. The fourth-order valence-electron chi connectivity index (χ4n) is 1.84. The van der Waals surface area contributed by atoms with Gasteiger partial charge >= 0.3 is 0 Å². The summed E-state index contributed by atoms with van der Waals surface area (Å²) in [4.78, 5) is 2.16. The number of rotatable bonds is 4. The zero-order chi connectivity index (χ0) is 10.7. The number of aromatic nitrogens is 2. The molecule has 1 aromatic heterocycles. The van der Waals surface area contributed by atoms with E-state index >= 15 is 0 Å². The van der Waals surface area contributed by atoms with Gasteiger partial charge in [-0.1, -0.05) is 0 Å². The Morgan fingerprint density at radius 1 is 1.40 bits per heavy atom. The van der Waals surface area contributed by atoms with Crippen molar-refractivity contribution < 1.29 is 5.11 Å². The van der Waals surface area contributed by atoms with E-state index in [1.54, 1.807) is 0 Å². The van der Waals surface area contributed by atoms with Crippen LogP contribution in [0.5, 0.6) is 0 Å². The molecule has 0 spiro atoms. The van der Waals surface area contributed by atoms with Crippen LogP contribution < -0.4 is 4.90 Å². The van der Waals surface area contributed by atoms with Gasteiger partial charge in [-0.3, -0.25) is 0 Å². The molecule has 1 N–H and O–H groups in total. The number of hydrogen-bond acceptors (Lipinski definition) is 4. The predicted molar refractivity (Wildman–Crippen MR) is 58.8 cm³/mol. The maximum absolute atomic E-state index is 9.03. The average Bonchev–Trinajstić information content (AvgIpc) is 2.16. The van der Waals surface area contributed by atoms with Crippen LogP contribution in [0.3, 0.4) is 0 Å². The first-order chi connectivity index (χ1) is 7.31. The van der Waals surface area contributed by atoms with Crippen LogP contribution in [-0.2, 0) is 0 Å². The van der Waals surface area contributed by atoms with Crippen molar-refractivity contribution in [1.29, 1.82) is 0 Å². The SMILES string of the molecule is Cc1ccc(N(CCO)C2CCC2)nn1. The van der Waals surface area contributed by atoms with Gasteiger partial charge < -0.3 is 10.0 Å². The number of hydrogen-bond donors (Lipinski definition) is 1. The van der Waals surface area contributed by atoms with E-state index in [2.05, 4.69) is 15.1 Å². The van der Waals surface area contributed by atoms with Gasteiger partial charge in [-0.25, -0.2) is 0 Å². The summed E-state index contributed by atoms with van der Waals surface area (Å²) in [5.41, 5.74) is 0.927. The Hall–Kier alpha value is -1.16. The van der Waals surface area contributed by atoms with Gasteiger partial charge in [0.1, 0.15) is 0 Å². The molecule has 0 amide bonds. The summed E-state index contributed by atoms with van der Waals surface area (Å²) >= 11 is 0. The number of nitrogens with zero attached hydrogens (tertiary/aromatic N) is 3. The van der Waals surface area contributed by atoms with E-state index in [0.717, 1.165) is 11.5 Å². The monoisotopic (exact) mass is 207 g/mol. The van der Waals surface area contributed by atoms with E-state index < -0.39 is 0 Å². The molecule has 2 rings (SSSR count). The van der Waals surface area contributed by atoms with E-state index in [1.165, 1.54) is 19.3 Å². The van der Waals surface area contributed by atoms with Crippen LogP contribution in [0.2, 0.25) is 0 Å². The molecule has 0 atom stereocenters. The molecule has 1 aliphatic rings. The Kier molecular flexibility index (Phi) is 3.16. The van der Waals surface area contributed by atoms with Crippen molar-refractivity contribution in [1.82, 2.24) is 10.2 Å². The van der Waals surface area contributed by atoms with Crippen LogP contribution >= 0.6 is 0 Å². The Balaban J connectivity index is 2.12. The molecule has 15 heavy (non-hydrogen) atoms. The molecule has 0 saturated heterocycles. The molecule has 4 nitrogen and oxygen atoms in total. The van der Waals surface area contributed by atoms with Crippen molar-refractivity contribution in [3.05, 3.63) is 17.8 Å². The third-order valence-corrected chi connectivity index (χ3v) is 2.93. The van der Waals surface area contributed by atoms with Crippen molar-refractivity contribution in [2.75, 3.05) is 18.1 Å². The van der Waals surface area contributed by atoms with Gasteiger partial charge in [-0.15, -0.1) is 5.10 Å². The summed E-state index contributed by atoms with van der Waals surface area (Å²) in [6.07, 6.45) is 3.69. The molecule has 1 fully saturated rings. The first kappa shape index (κ1) is 10.4. The second kappa shape index (κ2) is 4.57. The van der Waals surface area contributed by atoms with Crippen LogP contribution in [0.4, 0.5) is 5.82 Å². The first-order valence-corrected chi connectivity index (χ1v) is 5.49. The lowest BCUT2D eigenvalue weighted by Crippen LogP contribution is -2.42. The largest absolute Gasteiger partial charge is 0.395 e. The standard InChI is InChI=1S/C11H17N3O/c1-9-5-6-11(13-12-9)14(7-8-15)10-3-2-4-10/h5-6,10,15H,2-4,7-8H2,1H3. The van der Waals surface area contributed by atoms with Gasteiger partial charge in [-0.05, 0) is 38.3 Å². The fraction of sp³-hybridized carbons (Fsp3) is 0.636. The van der Waals surface area contributed by atoms with Gasteiger partial charge in [0.2, 0.25) is 0 Å². The fourth-order valence-corrected chi connectivity index (χ4v) is 1.84.